The SMILES string of the molecule is N#Cc1ccc(N2CCCN(C(=O)c3sccc3S(=O)(=O)N3CCSCC3)CC2)cc1. The number of hydrogen-bond donors (Lipinski definition) is 0. The standard InChI is InChI=1S/C21H24N4O3S3/c22-16-17-2-4-18(5-3-17)23-7-1-8-24(10-9-23)21(26)20-19(6-13-30-20)31(27,28)25-11-14-29-15-12-25/h2-6,13H,1,7-12,14-15H2. The molecule has 2 fully saturated rings. The molecule has 3 heterocycles. The minimum atomic E-state index is -3.66. The minimum Gasteiger partial charge on any atom is -0.370 e. The Morgan fingerprint density at radius 1 is 0.968 bits per heavy atom. The average molecular weight is 477 g/mol. The summed E-state index contributed by atoms with van der Waals surface area (Å²) in [6, 6.07) is 11.1. The monoisotopic (exact) mass is 476 g/mol. The zero-order chi connectivity index (χ0) is 21.8. The van der Waals surface area contributed by atoms with Gasteiger partial charge in [0, 0.05) is 56.5 Å². The van der Waals surface area contributed by atoms with E-state index >= 15 is 0 Å². The van der Waals surface area contributed by atoms with Crippen LogP contribution in [0.5, 0.6) is 0 Å². The molecule has 2 aliphatic rings. The van der Waals surface area contributed by atoms with Crippen LogP contribution < -0.4 is 4.90 Å². The molecule has 164 valence electrons. The fraction of sp³-hybridized carbons (Fsp3) is 0.429. The van der Waals surface area contributed by atoms with Crippen LogP contribution in [0.15, 0.2) is 40.6 Å². The van der Waals surface area contributed by atoms with Gasteiger partial charge in [-0.25, -0.2) is 8.42 Å². The zero-order valence-electron chi connectivity index (χ0n) is 17.1. The highest BCUT2D eigenvalue weighted by Crippen LogP contribution is 2.29. The molecule has 31 heavy (non-hydrogen) atoms. The number of hydrogen-bond acceptors (Lipinski definition) is 7. The van der Waals surface area contributed by atoms with Gasteiger partial charge in [-0.2, -0.15) is 21.3 Å². The van der Waals surface area contributed by atoms with E-state index in [0.29, 0.717) is 43.2 Å². The Hall–Kier alpha value is -2.06. The summed E-state index contributed by atoms with van der Waals surface area (Å²) in [6.07, 6.45) is 0.794. The molecule has 10 heteroatoms. The first-order chi connectivity index (χ1) is 15.0. The van der Waals surface area contributed by atoms with E-state index in [-0.39, 0.29) is 10.8 Å². The summed E-state index contributed by atoms with van der Waals surface area (Å²) in [7, 11) is -3.66. The number of carbonyl (C=O) groups excluding carboxylic acids is 1. The molecule has 0 bridgehead atoms. The lowest BCUT2D eigenvalue weighted by molar-refractivity contribution is 0.0768. The number of thiophene rings is 1. The largest absolute Gasteiger partial charge is 0.370 e. The first-order valence-corrected chi connectivity index (χ1v) is 13.7. The van der Waals surface area contributed by atoms with Crippen LogP contribution >= 0.6 is 23.1 Å². The molecule has 2 saturated heterocycles. The fourth-order valence-corrected chi connectivity index (χ4v) is 7.79. The number of nitrogens with zero attached hydrogens (tertiary/aromatic N) is 4. The Balaban J connectivity index is 1.48. The van der Waals surface area contributed by atoms with E-state index in [9.17, 15) is 13.2 Å². The Bertz CT molecular complexity index is 1070. The second-order valence-electron chi connectivity index (χ2n) is 7.42. The third kappa shape index (κ3) is 4.75. The van der Waals surface area contributed by atoms with Gasteiger partial charge in [-0.15, -0.1) is 11.3 Å². The molecule has 0 radical (unpaired) electrons. The fourth-order valence-electron chi connectivity index (χ4n) is 3.85. The normalized spacial score (nSPS) is 18.4. The molecule has 1 aromatic heterocycles. The van der Waals surface area contributed by atoms with Crippen LogP contribution in [0.2, 0.25) is 0 Å². The molecule has 4 rings (SSSR count). The van der Waals surface area contributed by atoms with Crippen LogP contribution in [0.25, 0.3) is 0 Å². The van der Waals surface area contributed by atoms with Crippen molar-refractivity contribution in [2.24, 2.45) is 0 Å². The second kappa shape index (κ2) is 9.61. The summed E-state index contributed by atoms with van der Waals surface area (Å²) in [5.74, 6) is 1.36. The van der Waals surface area contributed by atoms with Gasteiger partial charge < -0.3 is 9.80 Å². The maximum absolute atomic E-state index is 13.3. The van der Waals surface area contributed by atoms with E-state index in [0.717, 1.165) is 30.2 Å². The summed E-state index contributed by atoms with van der Waals surface area (Å²) >= 11 is 2.95. The van der Waals surface area contributed by atoms with Gasteiger partial charge in [0.05, 0.1) is 11.6 Å². The van der Waals surface area contributed by atoms with Crippen LogP contribution in [0.1, 0.15) is 21.7 Å². The van der Waals surface area contributed by atoms with E-state index < -0.39 is 10.0 Å². The van der Waals surface area contributed by atoms with E-state index in [1.165, 1.54) is 15.6 Å². The summed E-state index contributed by atoms with van der Waals surface area (Å²) in [4.78, 5) is 17.7. The van der Waals surface area contributed by atoms with Crippen molar-refractivity contribution in [3.05, 3.63) is 46.2 Å². The van der Waals surface area contributed by atoms with Crippen molar-refractivity contribution in [1.29, 1.82) is 5.26 Å². The lowest BCUT2D eigenvalue weighted by atomic mass is 10.2. The van der Waals surface area contributed by atoms with Crippen molar-refractivity contribution < 1.29 is 13.2 Å². The van der Waals surface area contributed by atoms with Crippen LogP contribution in [-0.2, 0) is 10.0 Å². The molecular formula is C21H24N4O3S3. The van der Waals surface area contributed by atoms with Gasteiger partial charge in [-0.05, 0) is 42.1 Å². The predicted octanol–water partition coefficient (Wildman–Crippen LogP) is 2.71. The number of benzene rings is 1. The highest BCUT2D eigenvalue weighted by Gasteiger charge is 2.33. The summed E-state index contributed by atoms with van der Waals surface area (Å²) in [6.45, 7) is 3.55. The number of carbonyl (C=O) groups is 1. The van der Waals surface area contributed by atoms with Gasteiger partial charge in [0.25, 0.3) is 5.91 Å². The van der Waals surface area contributed by atoms with Crippen molar-refractivity contribution in [3.63, 3.8) is 0 Å². The Kier molecular flexibility index (Phi) is 6.86. The van der Waals surface area contributed by atoms with Crippen LogP contribution in [0.4, 0.5) is 5.69 Å². The second-order valence-corrected chi connectivity index (χ2v) is 11.5. The predicted molar refractivity (Wildman–Crippen MR) is 124 cm³/mol. The third-order valence-electron chi connectivity index (χ3n) is 5.56. The number of sulfonamides is 1. The van der Waals surface area contributed by atoms with Crippen LogP contribution in [0, 0.1) is 11.3 Å². The van der Waals surface area contributed by atoms with Crippen LogP contribution in [0.3, 0.4) is 0 Å². The number of nitriles is 1. The first-order valence-electron chi connectivity index (χ1n) is 10.2. The summed E-state index contributed by atoms with van der Waals surface area (Å²) < 4.78 is 27.8. The molecule has 0 N–H and O–H groups in total. The molecule has 2 aliphatic heterocycles. The number of amides is 1. The van der Waals surface area contributed by atoms with Crippen molar-refractivity contribution in [1.82, 2.24) is 9.21 Å². The van der Waals surface area contributed by atoms with Gasteiger partial charge in [-0.1, -0.05) is 0 Å². The maximum Gasteiger partial charge on any atom is 0.265 e. The topological polar surface area (TPSA) is 84.7 Å². The lowest BCUT2D eigenvalue weighted by Gasteiger charge is -2.26. The quantitative estimate of drug-likeness (QED) is 0.675. The highest BCUT2D eigenvalue weighted by molar-refractivity contribution is 7.99. The third-order valence-corrected chi connectivity index (χ3v) is 9.47. The molecule has 0 atom stereocenters. The van der Waals surface area contributed by atoms with Gasteiger partial charge in [0.1, 0.15) is 9.77 Å². The molecular weight excluding hydrogens is 452 g/mol. The number of thioether (sulfide) groups is 1. The molecule has 7 nitrogen and oxygen atoms in total. The molecule has 1 amide bonds. The Morgan fingerprint density at radius 3 is 2.42 bits per heavy atom. The van der Waals surface area contributed by atoms with Crippen molar-refractivity contribution in [3.8, 4) is 6.07 Å². The number of rotatable bonds is 4. The molecule has 0 saturated carbocycles. The van der Waals surface area contributed by atoms with E-state index in [4.69, 9.17) is 5.26 Å². The maximum atomic E-state index is 13.3. The van der Waals surface area contributed by atoms with Gasteiger partial charge in [0.15, 0.2) is 0 Å². The first kappa shape index (κ1) is 22.1. The van der Waals surface area contributed by atoms with E-state index in [2.05, 4.69) is 11.0 Å². The zero-order valence-corrected chi connectivity index (χ0v) is 19.5. The van der Waals surface area contributed by atoms with Crippen molar-refractivity contribution in [2.75, 3.05) is 55.7 Å². The lowest BCUT2D eigenvalue weighted by Crippen LogP contribution is -2.39. The molecule has 1 aromatic carbocycles. The molecule has 0 unspecified atom stereocenters. The number of anilines is 1. The highest BCUT2D eigenvalue weighted by atomic mass is 32.2. The Morgan fingerprint density at radius 2 is 1.71 bits per heavy atom. The Labute approximate surface area is 191 Å². The van der Waals surface area contributed by atoms with Crippen molar-refractivity contribution >= 4 is 44.7 Å². The van der Waals surface area contributed by atoms with Gasteiger partial charge in [-0.3, -0.25) is 4.79 Å². The van der Waals surface area contributed by atoms with E-state index in [1.807, 2.05) is 12.1 Å². The average Bonchev–Trinajstić information content (AvgIpc) is 3.18. The summed E-state index contributed by atoms with van der Waals surface area (Å²) in [5.41, 5.74) is 1.64. The molecule has 0 aliphatic carbocycles. The van der Waals surface area contributed by atoms with Crippen LogP contribution in [-0.4, -0.2) is 74.3 Å². The smallest absolute Gasteiger partial charge is 0.265 e. The van der Waals surface area contributed by atoms with Crippen molar-refractivity contribution in [2.45, 2.75) is 11.3 Å². The summed E-state index contributed by atoms with van der Waals surface area (Å²) in [5, 5.41) is 10.7. The van der Waals surface area contributed by atoms with Gasteiger partial charge in [0.2, 0.25) is 10.0 Å². The molecule has 2 aromatic rings. The molecule has 0 spiro atoms. The van der Waals surface area contributed by atoms with Gasteiger partial charge >= 0.3 is 0 Å². The van der Waals surface area contributed by atoms with E-state index in [1.54, 1.807) is 40.2 Å². The minimum absolute atomic E-state index is 0.141.